The third-order valence-corrected chi connectivity index (χ3v) is 7.16. The first-order valence-electron chi connectivity index (χ1n) is 12.3. The third kappa shape index (κ3) is 5.80. The van der Waals surface area contributed by atoms with Crippen molar-refractivity contribution in [2.45, 2.75) is 32.7 Å². The number of hydrogen-bond acceptors (Lipinski definition) is 7. The molecule has 0 spiro atoms. The molecule has 0 radical (unpaired) electrons. The molecule has 2 aromatic carbocycles. The lowest BCUT2D eigenvalue weighted by Gasteiger charge is -2.25. The van der Waals surface area contributed by atoms with Crippen molar-refractivity contribution in [2.75, 3.05) is 26.9 Å². The van der Waals surface area contributed by atoms with Crippen LogP contribution in [0.2, 0.25) is 0 Å². The molecule has 7 nitrogen and oxygen atoms in total. The zero-order valence-corrected chi connectivity index (χ0v) is 22.7. The van der Waals surface area contributed by atoms with Crippen LogP contribution in [0.25, 0.3) is 6.08 Å². The lowest BCUT2D eigenvalue weighted by molar-refractivity contribution is -0.140. The van der Waals surface area contributed by atoms with E-state index in [0.29, 0.717) is 32.3 Å². The minimum atomic E-state index is -0.663. The maximum Gasteiger partial charge on any atom is 0.338 e. The number of aromatic nitrogens is 1. The summed E-state index contributed by atoms with van der Waals surface area (Å²) in [6, 6.07) is 14.7. The monoisotopic (exact) mass is 530 g/mol. The van der Waals surface area contributed by atoms with E-state index in [-0.39, 0.29) is 25.4 Å². The summed E-state index contributed by atoms with van der Waals surface area (Å²) in [6.45, 7) is 6.58. The molecule has 0 amide bonds. The number of thiazole rings is 1. The molecule has 1 aromatic heterocycles. The van der Waals surface area contributed by atoms with E-state index < -0.39 is 12.0 Å². The summed E-state index contributed by atoms with van der Waals surface area (Å²) >= 11 is 1.28. The maximum atomic E-state index is 13.8. The number of rotatable bonds is 9. The van der Waals surface area contributed by atoms with Gasteiger partial charge in [0, 0.05) is 7.11 Å². The second-order valence-corrected chi connectivity index (χ2v) is 10.1. The van der Waals surface area contributed by atoms with E-state index in [2.05, 4.69) is 24.8 Å². The molecule has 1 atom stereocenters. The molecule has 0 aliphatic carbocycles. The van der Waals surface area contributed by atoms with Gasteiger partial charge >= 0.3 is 5.97 Å². The first kappa shape index (κ1) is 27.1. The summed E-state index contributed by atoms with van der Waals surface area (Å²) in [6.07, 6.45) is 7.06. The van der Waals surface area contributed by atoms with E-state index in [9.17, 15) is 9.59 Å². The van der Waals surface area contributed by atoms with Gasteiger partial charge in [0.15, 0.2) is 4.80 Å². The van der Waals surface area contributed by atoms with E-state index in [0.717, 1.165) is 11.1 Å². The number of ether oxygens (including phenoxy) is 3. The van der Waals surface area contributed by atoms with Crippen LogP contribution in [0.3, 0.4) is 0 Å². The SMILES string of the molecule is C#CCOc1ccc(C=c2sc3n(c2=O)C(c2ccc(C(C)C)cc2)C(C(=O)OCCOC)=C(C)N=3)cc1. The highest BCUT2D eigenvalue weighted by Gasteiger charge is 2.33. The first-order valence-corrected chi connectivity index (χ1v) is 13.1. The third-order valence-electron chi connectivity index (χ3n) is 6.18. The van der Waals surface area contributed by atoms with Gasteiger partial charge in [-0.2, -0.15) is 0 Å². The van der Waals surface area contributed by atoms with Crippen molar-refractivity contribution in [1.29, 1.82) is 0 Å². The first-order chi connectivity index (χ1) is 18.3. The summed E-state index contributed by atoms with van der Waals surface area (Å²) in [7, 11) is 1.54. The molecule has 0 bridgehead atoms. The van der Waals surface area contributed by atoms with Crippen molar-refractivity contribution < 1.29 is 19.0 Å². The summed E-state index contributed by atoms with van der Waals surface area (Å²) in [5, 5.41) is 0. The van der Waals surface area contributed by atoms with Gasteiger partial charge < -0.3 is 14.2 Å². The van der Waals surface area contributed by atoms with Gasteiger partial charge in [-0.1, -0.05) is 67.5 Å². The van der Waals surface area contributed by atoms with E-state index in [1.54, 1.807) is 30.7 Å². The zero-order chi connectivity index (χ0) is 27.2. The number of benzene rings is 2. The second-order valence-electron chi connectivity index (χ2n) is 9.09. The number of allylic oxidation sites excluding steroid dienone is 1. The number of fused-ring (bicyclic) bond motifs is 1. The number of terminal acetylenes is 1. The van der Waals surface area contributed by atoms with Gasteiger partial charge in [-0.3, -0.25) is 9.36 Å². The fraction of sp³-hybridized carbons (Fsp3) is 0.300. The van der Waals surface area contributed by atoms with Crippen LogP contribution in [0.4, 0.5) is 0 Å². The Labute approximate surface area is 225 Å². The predicted molar refractivity (Wildman–Crippen MR) is 148 cm³/mol. The fourth-order valence-corrected chi connectivity index (χ4v) is 5.24. The molecule has 0 saturated heterocycles. The van der Waals surface area contributed by atoms with Crippen LogP contribution in [0.5, 0.6) is 5.75 Å². The van der Waals surface area contributed by atoms with E-state index in [4.69, 9.17) is 20.6 Å². The highest BCUT2D eigenvalue weighted by atomic mass is 32.1. The van der Waals surface area contributed by atoms with Crippen molar-refractivity contribution in [2.24, 2.45) is 4.99 Å². The Morgan fingerprint density at radius 2 is 1.87 bits per heavy atom. The van der Waals surface area contributed by atoms with Crippen LogP contribution in [0.15, 0.2) is 69.6 Å². The fourth-order valence-electron chi connectivity index (χ4n) is 4.19. The van der Waals surface area contributed by atoms with E-state index in [1.807, 2.05) is 42.5 Å². The van der Waals surface area contributed by atoms with Crippen LogP contribution in [0, 0.1) is 12.3 Å². The summed E-state index contributed by atoms with van der Waals surface area (Å²) in [5.41, 5.74) is 3.44. The van der Waals surface area contributed by atoms with Crippen molar-refractivity contribution in [3.8, 4) is 18.1 Å². The van der Waals surface area contributed by atoms with Crippen molar-refractivity contribution >= 4 is 23.4 Å². The summed E-state index contributed by atoms with van der Waals surface area (Å²) in [4.78, 5) is 32.2. The number of nitrogens with zero attached hydrogens (tertiary/aromatic N) is 2. The molecule has 1 aliphatic heterocycles. The highest BCUT2D eigenvalue weighted by molar-refractivity contribution is 7.07. The molecule has 3 aromatic rings. The van der Waals surface area contributed by atoms with Crippen LogP contribution < -0.4 is 19.6 Å². The molecular formula is C30H30N2O5S. The van der Waals surface area contributed by atoms with Crippen LogP contribution in [-0.4, -0.2) is 37.5 Å². The van der Waals surface area contributed by atoms with E-state index in [1.165, 1.54) is 16.9 Å². The lowest BCUT2D eigenvalue weighted by atomic mass is 9.93. The molecule has 8 heteroatoms. The quantitative estimate of drug-likeness (QED) is 0.240. The maximum absolute atomic E-state index is 13.8. The topological polar surface area (TPSA) is 79.1 Å². The average Bonchev–Trinajstić information content (AvgIpc) is 3.21. The number of carbonyl (C=O) groups excluding carboxylic acids is 1. The Morgan fingerprint density at radius 1 is 1.16 bits per heavy atom. The van der Waals surface area contributed by atoms with Crippen molar-refractivity contribution in [3.63, 3.8) is 0 Å². The predicted octanol–water partition coefficient (Wildman–Crippen LogP) is 3.56. The Bertz CT molecular complexity index is 1550. The molecule has 1 aliphatic rings. The zero-order valence-electron chi connectivity index (χ0n) is 21.9. The molecule has 196 valence electrons. The van der Waals surface area contributed by atoms with Crippen molar-refractivity contribution in [3.05, 3.63) is 96.2 Å². The normalized spacial score (nSPS) is 15.2. The van der Waals surface area contributed by atoms with Gasteiger partial charge in [0.2, 0.25) is 0 Å². The smallest absolute Gasteiger partial charge is 0.338 e. The average molecular weight is 531 g/mol. The molecule has 38 heavy (non-hydrogen) atoms. The number of carbonyl (C=O) groups is 1. The van der Waals surface area contributed by atoms with Gasteiger partial charge in [0.1, 0.15) is 19.0 Å². The summed E-state index contributed by atoms with van der Waals surface area (Å²) in [5.74, 6) is 2.92. The Kier molecular flexibility index (Phi) is 8.62. The van der Waals surface area contributed by atoms with Gasteiger partial charge in [-0.25, -0.2) is 9.79 Å². The van der Waals surface area contributed by atoms with E-state index >= 15 is 0 Å². The van der Waals surface area contributed by atoms with Crippen LogP contribution in [0.1, 0.15) is 49.4 Å². The molecule has 0 fully saturated rings. The second kappa shape index (κ2) is 12.1. The van der Waals surface area contributed by atoms with Crippen LogP contribution >= 0.6 is 11.3 Å². The van der Waals surface area contributed by atoms with Gasteiger partial charge in [0.05, 0.1) is 28.5 Å². The minimum Gasteiger partial charge on any atom is -0.481 e. The molecule has 0 saturated carbocycles. The number of methoxy groups -OCH3 is 1. The number of hydrogen-bond donors (Lipinski definition) is 0. The van der Waals surface area contributed by atoms with Gasteiger partial charge in [-0.05, 0) is 47.7 Å². The Balaban J connectivity index is 1.81. The number of esters is 1. The minimum absolute atomic E-state index is 0.108. The van der Waals surface area contributed by atoms with Gasteiger partial charge in [-0.15, -0.1) is 6.42 Å². The summed E-state index contributed by atoms with van der Waals surface area (Å²) < 4.78 is 18.0. The van der Waals surface area contributed by atoms with Gasteiger partial charge in [0.25, 0.3) is 5.56 Å². The molecular weight excluding hydrogens is 500 g/mol. The Morgan fingerprint density at radius 3 is 2.50 bits per heavy atom. The van der Waals surface area contributed by atoms with Crippen LogP contribution in [-0.2, 0) is 14.3 Å². The molecule has 0 N–H and O–H groups in total. The lowest BCUT2D eigenvalue weighted by Crippen LogP contribution is -2.40. The standard InChI is InChI=1S/C30H30N2O5S/c1-6-15-36-24-13-7-21(8-14-24)18-25-28(33)32-27(23-11-9-22(10-12-23)19(2)3)26(20(4)31-30(32)38-25)29(34)37-17-16-35-5/h1,7-14,18-19,27H,15-17H2,2-5H3. The Hall–Kier alpha value is -3.93. The van der Waals surface area contributed by atoms with Crippen molar-refractivity contribution in [1.82, 2.24) is 4.57 Å². The molecule has 4 rings (SSSR count). The molecule has 2 heterocycles. The largest absolute Gasteiger partial charge is 0.481 e. The highest BCUT2D eigenvalue weighted by Crippen LogP contribution is 2.31. The molecule has 1 unspecified atom stereocenters.